The molecule has 1 unspecified atom stereocenters. The lowest BCUT2D eigenvalue weighted by atomic mass is 10.2. The van der Waals surface area contributed by atoms with Crippen molar-refractivity contribution in [3.8, 4) is 0 Å². The van der Waals surface area contributed by atoms with E-state index in [-0.39, 0.29) is 0 Å². The smallest absolute Gasteiger partial charge is 0.0431 e. The normalized spacial score (nSPS) is 26.2. The first-order chi connectivity index (χ1) is 5.34. The Morgan fingerprint density at radius 1 is 1.45 bits per heavy atom. The van der Waals surface area contributed by atoms with Gasteiger partial charge >= 0.3 is 0 Å². The molecule has 1 aliphatic rings. The van der Waals surface area contributed by atoms with Gasteiger partial charge in [0.25, 0.3) is 0 Å². The summed E-state index contributed by atoms with van der Waals surface area (Å²) in [4.78, 5) is 2.52. The van der Waals surface area contributed by atoms with E-state index in [9.17, 15) is 0 Å². The van der Waals surface area contributed by atoms with E-state index in [1.165, 1.54) is 25.9 Å². The van der Waals surface area contributed by atoms with Gasteiger partial charge in [-0.1, -0.05) is 0 Å². The molecule has 1 heterocycles. The van der Waals surface area contributed by atoms with Crippen molar-refractivity contribution in [1.29, 1.82) is 0 Å². The largest absolute Gasteiger partial charge is 0.396 e. The lowest BCUT2D eigenvalue weighted by Gasteiger charge is -2.20. The molecule has 0 aromatic carbocycles. The molecule has 0 aromatic rings. The number of aliphatic hydroxyl groups excluding tert-OH is 1. The van der Waals surface area contributed by atoms with Crippen LogP contribution in [0.5, 0.6) is 0 Å². The standard InChI is InChI=1S/C9H19NO/c1-9-5-4-7-10(9)6-2-3-8-11/h9,11H,2-8H2,1H3. The van der Waals surface area contributed by atoms with Gasteiger partial charge in [0.2, 0.25) is 0 Å². The lowest BCUT2D eigenvalue weighted by Crippen LogP contribution is -2.27. The lowest BCUT2D eigenvalue weighted by molar-refractivity contribution is 0.238. The van der Waals surface area contributed by atoms with Gasteiger partial charge in [-0.25, -0.2) is 0 Å². The SMILES string of the molecule is CC1CCCN1CCCCO. The van der Waals surface area contributed by atoms with Crippen LogP contribution in [0, 0.1) is 0 Å². The second kappa shape index (κ2) is 4.73. The third-order valence-corrected chi connectivity index (χ3v) is 2.54. The van der Waals surface area contributed by atoms with Crippen LogP contribution in [0.25, 0.3) is 0 Å². The highest BCUT2D eigenvalue weighted by atomic mass is 16.2. The Hall–Kier alpha value is -0.0800. The van der Waals surface area contributed by atoms with Crippen LogP contribution in [0.1, 0.15) is 32.6 Å². The fourth-order valence-corrected chi connectivity index (χ4v) is 1.75. The van der Waals surface area contributed by atoms with Gasteiger partial charge < -0.3 is 10.0 Å². The Balaban J connectivity index is 2.05. The van der Waals surface area contributed by atoms with Crippen LogP contribution < -0.4 is 0 Å². The number of hydrogen-bond donors (Lipinski definition) is 1. The van der Waals surface area contributed by atoms with E-state index >= 15 is 0 Å². The molecule has 0 radical (unpaired) electrons. The third kappa shape index (κ3) is 2.80. The zero-order chi connectivity index (χ0) is 8.10. The summed E-state index contributed by atoms with van der Waals surface area (Å²) >= 11 is 0. The summed E-state index contributed by atoms with van der Waals surface area (Å²) in [5, 5.41) is 8.59. The Bertz CT molecular complexity index is 106. The highest BCUT2D eigenvalue weighted by molar-refractivity contribution is 4.74. The zero-order valence-electron chi connectivity index (χ0n) is 7.42. The molecule has 0 spiro atoms. The predicted molar refractivity (Wildman–Crippen MR) is 46.6 cm³/mol. The summed E-state index contributed by atoms with van der Waals surface area (Å²) in [7, 11) is 0. The van der Waals surface area contributed by atoms with Gasteiger partial charge in [-0.05, 0) is 45.7 Å². The third-order valence-electron chi connectivity index (χ3n) is 2.54. The molecule has 1 aliphatic heterocycles. The average Bonchev–Trinajstić information content (AvgIpc) is 2.37. The van der Waals surface area contributed by atoms with E-state index in [1.54, 1.807) is 0 Å². The predicted octanol–water partition coefficient (Wildman–Crippen LogP) is 1.24. The summed E-state index contributed by atoms with van der Waals surface area (Å²) in [6, 6.07) is 0.786. The average molecular weight is 157 g/mol. The monoisotopic (exact) mass is 157 g/mol. The second-order valence-corrected chi connectivity index (χ2v) is 3.46. The van der Waals surface area contributed by atoms with Crippen LogP contribution in [0.2, 0.25) is 0 Å². The summed E-state index contributed by atoms with van der Waals surface area (Å²) in [5.41, 5.74) is 0. The molecule has 0 aromatic heterocycles. The first kappa shape index (κ1) is 9.01. The van der Waals surface area contributed by atoms with E-state index in [0.717, 1.165) is 18.9 Å². The number of rotatable bonds is 4. The Morgan fingerprint density at radius 3 is 2.82 bits per heavy atom. The molecule has 0 amide bonds. The summed E-state index contributed by atoms with van der Waals surface area (Å²) in [6.45, 7) is 5.10. The Labute approximate surface area is 69.2 Å². The van der Waals surface area contributed by atoms with Gasteiger partial charge in [-0.2, -0.15) is 0 Å². The molecule has 11 heavy (non-hydrogen) atoms. The maximum absolute atomic E-state index is 8.59. The number of likely N-dealkylation sites (tertiary alicyclic amines) is 1. The van der Waals surface area contributed by atoms with E-state index in [4.69, 9.17) is 5.11 Å². The maximum atomic E-state index is 8.59. The number of hydrogen-bond acceptors (Lipinski definition) is 2. The van der Waals surface area contributed by atoms with Crippen molar-refractivity contribution in [2.75, 3.05) is 19.7 Å². The van der Waals surface area contributed by atoms with Crippen LogP contribution in [0.15, 0.2) is 0 Å². The maximum Gasteiger partial charge on any atom is 0.0431 e. The van der Waals surface area contributed by atoms with Gasteiger partial charge in [0.1, 0.15) is 0 Å². The van der Waals surface area contributed by atoms with Crippen molar-refractivity contribution in [3.63, 3.8) is 0 Å². The molecule has 66 valence electrons. The molecule has 2 heteroatoms. The molecule has 1 atom stereocenters. The minimum Gasteiger partial charge on any atom is -0.396 e. The van der Waals surface area contributed by atoms with Crippen molar-refractivity contribution in [3.05, 3.63) is 0 Å². The Kier molecular flexibility index (Phi) is 3.87. The molecule has 1 saturated heterocycles. The minimum atomic E-state index is 0.349. The molecular weight excluding hydrogens is 138 g/mol. The topological polar surface area (TPSA) is 23.5 Å². The fourth-order valence-electron chi connectivity index (χ4n) is 1.75. The fraction of sp³-hybridized carbons (Fsp3) is 1.00. The van der Waals surface area contributed by atoms with Crippen molar-refractivity contribution < 1.29 is 5.11 Å². The van der Waals surface area contributed by atoms with Crippen LogP contribution in [0.3, 0.4) is 0 Å². The molecule has 0 aliphatic carbocycles. The van der Waals surface area contributed by atoms with E-state index in [2.05, 4.69) is 11.8 Å². The summed E-state index contributed by atoms with van der Waals surface area (Å²) < 4.78 is 0. The zero-order valence-corrected chi connectivity index (χ0v) is 7.42. The molecule has 1 N–H and O–H groups in total. The van der Waals surface area contributed by atoms with E-state index < -0.39 is 0 Å². The number of aliphatic hydroxyl groups is 1. The summed E-state index contributed by atoms with van der Waals surface area (Å²) in [5.74, 6) is 0. The quantitative estimate of drug-likeness (QED) is 0.621. The number of unbranched alkanes of at least 4 members (excludes halogenated alkanes) is 1. The molecule has 1 fully saturated rings. The molecular formula is C9H19NO. The molecule has 0 bridgehead atoms. The van der Waals surface area contributed by atoms with Crippen LogP contribution in [-0.2, 0) is 0 Å². The Morgan fingerprint density at radius 2 is 2.27 bits per heavy atom. The van der Waals surface area contributed by atoms with Gasteiger partial charge in [0.15, 0.2) is 0 Å². The van der Waals surface area contributed by atoms with Crippen LogP contribution >= 0.6 is 0 Å². The number of nitrogens with zero attached hydrogens (tertiary/aromatic N) is 1. The van der Waals surface area contributed by atoms with Gasteiger partial charge in [-0.3, -0.25) is 0 Å². The molecule has 1 rings (SSSR count). The van der Waals surface area contributed by atoms with Crippen LogP contribution in [0.4, 0.5) is 0 Å². The first-order valence-electron chi connectivity index (χ1n) is 4.69. The summed E-state index contributed by atoms with van der Waals surface area (Å²) in [6.07, 6.45) is 4.84. The van der Waals surface area contributed by atoms with Crippen molar-refractivity contribution in [2.45, 2.75) is 38.6 Å². The first-order valence-corrected chi connectivity index (χ1v) is 4.69. The van der Waals surface area contributed by atoms with Crippen molar-refractivity contribution >= 4 is 0 Å². The van der Waals surface area contributed by atoms with Gasteiger partial charge in [0.05, 0.1) is 0 Å². The second-order valence-electron chi connectivity index (χ2n) is 3.46. The van der Waals surface area contributed by atoms with Crippen molar-refractivity contribution in [2.24, 2.45) is 0 Å². The van der Waals surface area contributed by atoms with Gasteiger partial charge in [0, 0.05) is 12.6 Å². The van der Waals surface area contributed by atoms with Crippen molar-refractivity contribution in [1.82, 2.24) is 4.90 Å². The minimum absolute atomic E-state index is 0.349. The highest BCUT2D eigenvalue weighted by Crippen LogP contribution is 2.16. The van der Waals surface area contributed by atoms with Crippen LogP contribution in [-0.4, -0.2) is 35.7 Å². The molecule has 0 saturated carbocycles. The van der Waals surface area contributed by atoms with E-state index in [0.29, 0.717) is 6.61 Å². The molecule has 2 nitrogen and oxygen atoms in total. The van der Waals surface area contributed by atoms with Gasteiger partial charge in [-0.15, -0.1) is 0 Å². The highest BCUT2D eigenvalue weighted by Gasteiger charge is 2.18. The van der Waals surface area contributed by atoms with E-state index in [1.807, 2.05) is 0 Å².